The highest BCUT2D eigenvalue weighted by Gasteiger charge is 2.14. The number of amides is 1. The third kappa shape index (κ3) is 4.97. The van der Waals surface area contributed by atoms with E-state index in [-0.39, 0.29) is 13.2 Å². The normalized spacial score (nSPS) is 11.7. The highest BCUT2D eigenvalue weighted by Crippen LogP contribution is 2.18. The van der Waals surface area contributed by atoms with Gasteiger partial charge in [-0.25, -0.2) is 4.79 Å². The molecule has 0 radical (unpaired) electrons. The number of carbonyl (C=O) groups is 2. The molecule has 1 rings (SSSR count). The fourth-order valence-electron chi connectivity index (χ4n) is 1.35. The van der Waals surface area contributed by atoms with Crippen molar-refractivity contribution in [3.8, 4) is 5.75 Å². The monoisotopic (exact) mass is 267 g/mol. The molecule has 0 saturated heterocycles. The Labute approximate surface area is 111 Å². The molecule has 0 fully saturated rings. The standard InChI is InChI=1S/C13H17NO5/c1-8-3-4-9(2)11(5-8)19-7-12(16)14-6-10(15)13(17)18/h3-5,10,15H,6-7H2,1-2H3,(H,14,16)(H,17,18)/t10-/m0/s1. The number of aryl methyl sites for hydroxylation is 2. The van der Waals surface area contributed by atoms with Crippen molar-refractivity contribution in [3.63, 3.8) is 0 Å². The molecule has 104 valence electrons. The minimum Gasteiger partial charge on any atom is -0.483 e. The minimum absolute atomic E-state index is 0.226. The van der Waals surface area contributed by atoms with E-state index in [1.165, 1.54) is 0 Å². The summed E-state index contributed by atoms with van der Waals surface area (Å²) in [4.78, 5) is 21.7. The zero-order valence-electron chi connectivity index (χ0n) is 10.8. The van der Waals surface area contributed by atoms with Gasteiger partial charge in [0.05, 0.1) is 6.54 Å². The highest BCUT2D eigenvalue weighted by atomic mass is 16.5. The van der Waals surface area contributed by atoms with Crippen LogP contribution in [-0.2, 0) is 9.59 Å². The molecule has 0 spiro atoms. The Kier molecular flexibility index (Phi) is 5.32. The lowest BCUT2D eigenvalue weighted by Gasteiger charge is -2.11. The van der Waals surface area contributed by atoms with E-state index in [1.54, 1.807) is 0 Å². The quantitative estimate of drug-likeness (QED) is 0.686. The van der Waals surface area contributed by atoms with Gasteiger partial charge in [0.15, 0.2) is 12.7 Å². The van der Waals surface area contributed by atoms with Crippen molar-refractivity contribution in [2.24, 2.45) is 0 Å². The number of rotatable bonds is 6. The van der Waals surface area contributed by atoms with Crippen LogP contribution in [0.15, 0.2) is 18.2 Å². The molecule has 1 amide bonds. The molecule has 3 N–H and O–H groups in total. The summed E-state index contributed by atoms with van der Waals surface area (Å²) in [5.74, 6) is -1.26. The van der Waals surface area contributed by atoms with Crippen LogP contribution in [0.4, 0.5) is 0 Å². The van der Waals surface area contributed by atoms with Crippen molar-refractivity contribution in [1.29, 1.82) is 0 Å². The molecule has 6 nitrogen and oxygen atoms in total. The minimum atomic E-state index is -1.61. The maximum absolute atomic E-state index is 11.4. The molecule has 1 aromatic carbocycles. The van der Waals surface area contributed by atoms with Crippen molar-refractivity contribution in [2.45, 2.75) is 20.0 Å². The molecule has 6 heteroatoms. The Morgan fingerprint density at radius 2 is 2.05 bits per heavy atom. The summed E-state index contributed by atoms with van der Waals surface area (Å²) < 4.78 is 5.33. The number of carboxylic acid groups (broad SMARTS) is 1. The van der Waals surface area contributed by atoms with Gasteiger partial charge < -0.3 is 20.3 Å². The summed E-state index contributed by atoms with van der Waals surface area (Å²) in [7, 11) is 0. The zero-order chi connectivity index (χ0) is 14.4. The number of hydrogen-bond donors (Lipinski definition) is 3. The molecule has 1 atom stereocenters. The van der Waals surface area contributed by atoms with E-state index in [0.717, 1.165) is 11.1 Å². The Hall–Kier alpha value is -2.08. The van der Waals surface area contributed by atoms with Crippen molar-refractivity contribution in [3.05, 3.63) is 29.3 Å². The van der Waals surface area contributed by atoms with Gasteiger partial charge in [0.2, 0.25) is 0 Å². The summed E-state index contributed by atoms with van der Waals surface area (Å²) >= 11 is 0. The molecule has 0 aromatic heterocycles. The van der Waals surface area contributed by atoms with Gasteiger partial charge in [-0.1, -0.05) is 12.1 Å². The summed E-state index contributed by atoms with van der Waals surface area (Å²) in [5.41, 5.74) is 1.92. The lowest BCUT2D eigenvalue weighted by atomic mass is 10.1. The van der Waals surface area contributed by atoms with Crippen molar-refractivity contribution >= 4 is 11.9 Å². The first-order valence-corrected chi connectivity index (χ1v) is 5.77. The van der Waals surface area contributed by atoms with Crippen LogP contribution < -0.4 is 10.1 Å². The Morgan fingerprint density at radius 1 is 1.37 bits per heavy atom. The first-order chi connectivity index (χ1) is 8.90. The molecule has 0 saturated carbocycles. The van der Waals surface area contributed by atoms with Crippen LogP contribution in [0.2, 0.25) is 0 Å². The van der Waals surface area contributed by atoms with E-state index in [1.807, 2.05) is 32.0 Å². The van der Waals surface area contributed by atoms with E-state index in [4.69, 9.17) is 14.9 Å². The number of aliphatic hydroxyl groups is 1. The molecule has 0 bridgehead atoms. The van der Waals surface area contributed by atoms with Gasteiger partial charge in [0, 0.05) is 0 Å². The Morgan fingerprint density at radius 3 is 2.68 bits per heavy atom. The third-order valence-electron chi connectivity index (χ3n) is 2.48. The van der Waals surface area contributed by atoms with Crippen LogP contribution in [0.25, 0.3) is 0 Å². The maximum Gasteiger partial charge on any atom is 0.334 e. The smallest absolute Gasteiger partial charge is 0.334 e. The van der Waals surface area contributed by atoms with E-state index in [0.29, 0.717) is 5.75 Å². The number of carbonyl (C=O) groups excluding carboxylic acids is 1. The molecule has 19 heavy (non-hydrogen) atoms. The summed E-state index contributed by atoms with van der Waals surface area (Å²) in [6, 6.07) is 5.64. The Balaban J connectivity index is 2.42. The largest absolute Gasteiger partial charge is 0.483 e. The summed E-state index contributed by atoms with van der Waals surface area (Å²) in [5, 5.41) is 19.7. The summed E-state index contributed by atoms with van der Waals surface area (Å²) in [6.07, 6.45) is -1.61. The number of aliphatic carboxylic acids is 1. The van der Waals surface area contributed by atoms with E-state index < -0.39 is 18.0 Å². The van der Waals surface area contributed by atoms with Crippen LogP contribution in [0, 0.1) is 13.8 Å². The fraction of sp³-hybridized carbons (Fsp3) is 0.385. The zero-order valence-corrected chi connectivity index (χ0v) is 10.8. The molecule has 0 unspecified atom stereocenters. The molecule has 0 aliphatic heterocycles. The molecule has 1 aromatic rings. The number of hydrogen-bond acceptors (Lipinski definition) is 4. The number of nitrogens with one attached hydrogen (secondary N) is 1. The van der Waals surface area contributed by atoms with Crippen LogP contribution in [0.3, 0.4) is 0 Å². The number of ether oxygens (including phenoxy) is 1. The lowest BCUT2D eigenvalue weighted by Crippen LogP contribution is -2.38. The Bertz CT molecular complexity index is 472. The predicted octanol–water partition coefficient (Wildman–Crippen LogP) is 0.244. The summed E-state index contributed by atoms with van der Waals surface area (Å²) in [6.45, 7) is 3.21. The van der Waals surface area contributed by atoms with Crippen LogP contribution >= 0.6 is 0 Å². The van der Waals surface area contributed by atoms with Crippen molar-refractivity contribution in [2.75, 3.05) is 13.2 Å². The van der Waals surface area contributed by atoms with Crippen LogP contribution in [-0.4, -0.2) is 41.3 Å². The van der Waals surface area contributed by atoms with Gasteiger partial charge in [-0.05, 0) is 31.0 Å². The first kappa shape index (κ1) is 15.0. The second-order valence-electron chi connectivity index (χ2n) is 4.22. The molecule has 0 heterocycles. The van der Waals surface area contributed by atoms with Gasteiger partial charge in [-0.15, -0.1) is 0 Å². The SMILES string of the molecule is Cc1ccc(C)c(OCC(=O)NC[C@H](O)C(=O)O)c1. The second kappa shape index (κ2) is 6.75. The predicted molar refractivity (Wildman–Crippen MR) is 68.1 cm³/mol. The van der Waals surface area contributed by atoms with Gasteiger partial charge in [-0.3, -0.25) is 4.79 Å². The van der Waals surface area contributed by atoms with Gasteiger partial charge in [0.1, 0.15) is 5.75 Å². The van der Waals surface area contributed by atoms with E-state index in [2.05, 4.69) is 5.32 Å². The maximum atomic E-state index is 11.4. The van der Waals surface area contributed by atoms with Crippen LogP contribution in [0.5, 0.6) is 5.75 Å². The van der Waals surface area contributed by atoms with Crippen LogP contribution in [0.1, 0.15) is 11.1 Å². The molecular weight excluding hydrogens is 250 g/mol. The average molecular weight is 267 g/mol. The van der Waals surface area contributed by atoms with Gasteiger partial charge in [0.25, 0.3) is 5.91 Å². The topological polar surface area (TPSA) is 95.9 Å². The molecule has 0 aliphatic rings. The second-order valence-corrected chi connectivity index (χ2v) is 4.22. The highest BCUT2D eigenvalue weighted by molar-refractivity contribution is 5.79. The fourth-order valence-corrected chi connectivity index (χ4v) is 1.35. The third-order valence-corrected chi connectivity index (χ3v) is 2.48. The molecule has 0 aliphatic carbocycles. The van der Waals surface area contributed by atoms with E-state index >= 15 is 0 Å². The van der Waals surface area contributed by atoms with Crippen molar-refractivity contribution in [1.82, 2.24) is 5.32 Å². The van der Waals surface area contributed by atoms with Gasteiger partial charge >= 0.3 is 5.97 Å². The number of carboxylic acids is 1. The van der Waals surface area contributed by atoms with E-state index in [9.17, 15) is 9.59 Å². The average Bonchev–Trinajstić information content (AvgIpc) is 2.36. The first-order valence-electron chi connectivity index (χ1n) is 5.77. The number of aliphatic hydroxyl groups excluding tert-OH is 1. The lowest BCUT2D eigenvalue weighted by molar-refractivity contribution is -0.146. The van der Waals surface area contributed by atoms with Crippen molar-refractivity contribution < 1.29 is 24.5 Å². The number of benzene rings is 1. The molecular formula is C13H17NO5. The van der Waals surface area contributed by atoms with Gasteiger partial charge in [-0.2, -0.15) is 0 Å².